The van der Waals surface area contributed by atoms with Crippen molar-refractivity contribution in [2.75, 3.05) is 12.3 Å². The Bertz CT molecular complexity index is 377. The molecular formula is C10H16N4O2. The summed E-state index contributed by atoms with van der Waals surface area (Å²) in [4.78, 5) is 13.9. The summed E-state index contributed by atoms with van der Waals surface area (Å²) in [7, 11) is 0. The van der Waals surface area contributed by atoms with Gasteiger partial charge in [0, 0.05) is 12.6 Å². The minimum absolute atomic E-state index is 0.0708. The number of amides is 1. The maximum Gasteiger partial charge on any atom is 0.280 e. The van der Waals surface area contributed by atoms with Gasteiger partial charge in [-0.1, -0.05) is 12.8 Å². The minimum Gasteiger partial charge on any atom is -0.379 e. The second-order valence-corrected chi connectivity index (χ2v) is 4.19. The van der Waals surface area contributed by atoms with Crippen LogP contribution in [0.2, 0.25) is 0 Å². The summed E-state index contributed by atoms with van der Waals surface area (Å²) in [6, 6.07) is 0.228. The zero-order valence-corrected chi connectivity index (χ0v) is 9.35. The molecule has 16 heavy (non-hydrogen) atoms. The average molecular weight is 224 g/mol. The third-order valence-electron chi connectivity index (χ3n) is 3.03. The number of anilines is 1. The highest BCUT2D eigenvalue weighted by atomic mass is 16.6. The fraction of sp³-hybridized carbons (Fsp3) is 0.700. The van der Waals surface area contributed by atoms with Crippen molar-refractivity contribution in [2.45, 2.75) is 38.6 Å². The molecular weight excluding hydrogens is 208 g/mol. The Morgan fingerprint density at radius 1 is 1.44 bits per heavy atom. The molecule has 1 aliphatic rings. The molecule has 1 aliphatic heterocycles. The molecule has 0 aliphatic carbocycles. The molecule has 1 amide bonds. The number of carbonyl (C=O) groups excluding carboxylic acids is 1. The first-order chi connectivity index (χ1) is 7.70. The van der Waals surface area contributed by atoms with Gasteiger partial charge in [0.05, 0.1) is 0 Å². The maximum absolute atomic E-state index is 12.1. The predicted octanol–water partition coefficient (Wildman–Crippen LogP) is 1.06. The van der Waals surface area contributed by atoms with Crippen LogP contribution >= 0.6 is 0 Å². The molecule has 1 fully saturated rings. The van der Waals surface area contributed by atoms with Crippen molar-refractivity contribution in [3.63, 3.8) is 0 Å². The van der Waals surface area contributed by atoms with Crippen molar-refractivity contribution >= 4 is 11.7 Å². The minimum atomic E-state index is -0.173. The molecule has 2 rings (SSSR count). The van der Waals surface area contributed by atoms with Crippen molar-refractivity contribution in [1.29, 1.82) is 0 Å². The highest BCUT2D eigenvalue weighted by molar-refractivity contribution is 5.96. The molecule has 1 unspecified atom stereocenters. The molecule has 6 nitrogen and oxygen atoms in total. The number of hydrogen-bond acceptors (Lipinski definition) is 5. The molecule has 0 bridgehead atoms. The standard InChI is InChI=1S/C10H16N4O2/c1-7-5-3-2-4-6-14(7)10(15)8-9(11)13-16-12-8/h7H,2-6H2,1H3,(H2,11,13). The second-order valence-electron chi connectivity index (χ2n) is 4.19. The molecule has 1 aromatic heterocycles. The number of carbonyl (C=O) groups is 1. The van der Waals surface area contributed by atoms with Gasteiger partial charge in [0.2, 0.25) is 11.5 Å². The van der Waals surface area contributed by atoms with Gasteiger partial charge in [0.1, 0.15) is 0 Å². The van der Waals surface area contributed by atoms with Crippen LogP contribution in [0.5, 0.6) is 0 Å². The van der Waals surface area contributed by atoms with Crippen molar-refractivity contribution in [2.24, 2.45) is 0 Å². The fourth-order valence-corrected chi connectivity index (χ4v) is 2.06. The molecule has 0 aromatic carbocycles. The Labute approximate surface area is 93.7 Å². The van der Waals surface area contributed by atoms with Gasteiger partial charge in [0.25, 0.3) is 5.91 Å². The van der Waals surface area contributed by atoms with Crippen LogP contribution in [0.25, 0.3) is 0 Å². The van der Waals surface area contributed by atoms with Crippen molar-refractivity contribution in [3.05, 3.63) is 5.69 Å². The van der Waals surface area contributed by atoms with E-state index in [4.69, 9.17) is 5.73 Å². The van der Waals surface area contributed by atoms with Gasteiger partial charge in [-0.2, -0.15) is 0 Å². The number of nitrogens with zero attached hydrogens (tertiary/aromatic N) is 3. The van der Waals surface area contributed by atoms with E-state index in [0.717, 1.165) is 25.8 Å². The van der Waals surface area contributed by atoms with Gasteiger partial charge in [-0.3, -0.25) is 4.79 Å². The van der Waals surface area contributed by atoms with Gasteiger partial charge in [-0.05, 0) is 30.1 Å². The Hall–Kier alpha value is -1.59. The first kappa shape index (κ1) is 10.9. The summed E-state index contributed by atoms with van der Waals surface area (Å²) in [5.41, 5.74) is 5.65. The molecule has 0 saturated carbocycles. The van der Waals surface area contributed by atoms with Crippen LogP contribution in [-0.2, 0) is 0 Å². The molecule has 88 valence electrons. The van der Waals surface area contributed by atoms with Crippen LogP contribution in [0.15, 0.2) is 4.63 Å². The topological polar surface area (TPSA) is 85.2 Å². The average Bonchev–Trinajstić information content (AvgIpc) is 2.56. The van der Waals surface area contributed by atoms with Gasteiger partial charge < -0.3 is 10.6 Å². The number of rotatable bonds is 1. The van der Waals surface area contributed by atoms with E-state index >= 15 is 0 Å². The zero-order valence-electron chi connectivity index (χ0n) is 9.35. The predicted molar refractivity (Wildman–Crippen MR) is 57.7 cm³/mol. The van der Waals surface area contributed by atoms with Crippen molar-refractivity contribution in [1.82, 2.24) is 15.2 Å². The maximum atomic E-state index is 12.1. The number of nitrogens with two attached hydrogens (primary N) is 1. The van der Waals surface area contributed by atoms with Gasteiger partial charge in [0.15, 0.2) is 0 Å². The van der Waals surface area contributed by atoms with E-state index in [2.05, 4.69) is 14.9 Å². The Morgan fingerprint density at radius 2 is 2.25 bits per heavy atom. The van der Waals surface area contributed by atoms with Crippen LogP contribution in [0.1, 0.15) is 43.1 Å². The summed E-state index contributed by atoms with van der Waals surface area (Å²) in [5, 5.41) is 6.98. The highest BCUT2D eigenvalue weighted by Gasteiger charge is 2.27. The summed E-state index contributed by atoms with van der Waals surface area (Å²) in [5.74, 6) is -0.102. The Kier molecular flexibility index (Phi) is 3.07. The lowest BCUT2D eigenvalue weighted by molar-refractivity contribution is 0.0687. The van der Waals surface area contributed by atoms with Crippen LogP contribution in [0, 0.1) is 0 Å². The number of nitrogen functional groups attached to an aromatic ring is 1. The molecule has 2 heterocycles. The third kappa shape index (κ3) is 2.00. The van der Waals surface area contributed by atoms with Crippen LogP contribution in [0.3, 0.4) is 0 Å². The lowest BCUT2D eigenvalue weighted by Gasteiger charge is -2.26. The molecule has 2 N–H and O–H groups in total. The first-order valence-corrected chi connectivity index (χ1v) is 5.59. The molecule has 1 aromatic rings. The van der Waals surface area contributed by atoms with Crippen LogP contribution < -0.4 is 5.73 Å². The second kappa shape index (κ2) is 4.51. The van der Waals surface area contributed by atoms with Crippen LogP contribution in [-0.4, -0.2) is 33.7 Å². The van der Waals surface area contributed by atoms with E-state index in [1.54, 1.807) is 0 Å². The summed E-state index contributed by atoms with van der Waals surface area (Å²) in [6.07, 6.45) is 4.39. The van der Waals surface area contributed by atoms with E-state index in [1.165, 1.54) is 6.42 Å². The van der Waals surface area contributed by atoms with E-state index in [0.29, 0.717) is 0 Å². The normalized spacial score (nSPS) is 21.8. The summed E-state index contributed by atoms with van der Waals surface area (Å²) >= 11 is 0. The van der Waals surface area contributed by atoms with E-state index in [-0.39, 0.29) is 23.5 Å². The number of aromatic nitrogens is 2. The van der Waals surface area contributed by atoms with E-state index < -0.39 is 0 Å². The molecule has 6 heteroatoms. The number of likely N-dealkylation sites (tertiary alicyclic amines) is 1. The molecule has 0 radical (unpaired) electrons. The largest absolute Gasteiger partial charge is 0.379 e. The smallest absolute Gasteiger partial charge is 0.280 e. The van der Waals surface area contributed by atoms with E-state index in [1.807, 2.05) is 11.8 Å². The monoisotopic (exact) mass is 224 g/mol. The lowest BCUT2D eigenvalue weighted by Crippen LogP contribution is -2.38. The van der Waals surface area contributed by atoms with Gasteiger partial charge in [-0.15, -0.1) is 0 Å². The Balaban J connectivity index is 2.17. The van der Waals surface area contributed by atoms with Gasteiger partial charge in [-0.25, -0.2) is 4.63 Å². The SMILES string of the molecule is CC1CCCCCN1C(=O)c1nonc1N. The highest BCUT2D eigenvalue weighted by Crippen LogP contribution is 2.19. The van der Waals surface area contributed by atoms with Crippen molar-refractivity contribution in [3.8, 4) is 0 Å². The van der Waals surface area contributed by atoms with Crippen LogP contribution in [0.4, 0.5) is 5.82 Å². The van der Waals surface area contributed by atoms with Gasteiger partial charge >= 0.3 is 0 Å². The fourth-order valence-electron chi connectivity index (χ4n) is 2.06. The molecule has 1 saturated heterocycles. The number of hydrogen-bond donors (Lipinski definition) is 1. The first-order valence-electron chi connectivity index (χ1n) is 5.59. The summed E-state index contributed by atoms with van der Waals surface area (Å²) < 4.78 is 4.45. The third-order valence-corrected chi connectivity index (χ3v) is 3.03. The van der Waals surface area contributed by atoms with Crippen molar-refractivity contribution < 1.29 is 9.42 Å². The molecule has 0 spiro atoms. The molecule has 1 atom stereocenters. The van der Waals surface area contributed by atoms with E-state index in [9.17, 15) is 4.79 Å². The quantitative estimate of drug-likeness (QED) is 0.770. The Morgan fingerprint density at radius 3 is 2.94 bits per heavy atom. The zero-order chi connectivity index (χ0) is 11.5. The lowest BCUT2D eigenvalue weighted by atomic mass is 10.1. The summed E-state index contributed by atoms with van der Waals surface area (Å²) in [6.45, 7) is 2.80.